The van der Waals surface area contributed by atoms with Gasteiger partial charge in [-0.1, -0.05) is 54.1 Å². The molecule has 2 atom stereocenters. The van der Waals surface area contributed by atoms with Crippen LogP contribution in [-0.4, -0.2) is 16.7 Å². The van der Waals surface area contributed by atoms with Crippen LogP contribution in [0.5, 0.6) is 0 Å². The maximum absolute atomic E-state index is 13.6. The quantitative estimate of drug-likeness (QED) is 0.201. The second-order valence-corrected chi connectivity index (χ2v) is 8.83. The van der Waals surface area contributed by atoms with Crippen molar-refractivity contribution >= 4 is 33.9 Å². The van der Waals surface area contributed by atoms with E-state index >= 15 is 0 Å². The van der Waals surface area contributed by atoms with Crippen molar-refractivity contribution in [1.82, 2.24) is 21.4 Å². The highest BCUT2D eigenvalue weighted by molar-refractivity contribution is 6.35. The lowest BCUT2D eigenvalue weighted by Gasteiger charge is -2.23. The molecule has 0 saturated heterocycles. The third-order valence-electron chi connectivity index (χ3n) is 6.08. The maximum Gasteiger partial charge on any atom is 0.123 e. The van der Waals surface area contributed by atoms with E-state index < -0.39 is 6.04 Å². The summed E-state index contributed by atoms with van der Waals surface area (Å²) in [6.07, 6.45) is 3.23. The van der Waals surface area contributed by atoms with Gasteiger partial charge < -0.3 is 26.6 Å². The molecule has 37 heavy (non-hydrogen) atoms. The molecule has 2 heterocycles. The van der Waals surface area contributed by atoms with Gasteiger partial charge in [0.15, 0.2) is 0 Å². The number of pyridine rings is 1. The number of nitriles is 1. The zero-order chi connectivity index (χ0) is 25.8. The van der Waals surface area contributed by atoms with Gasteiger partial charge >= 0.3 is 0 Å². The summed E-state index contributed by atoms with van der Waals surface area (Å²) < 4.78 is 13.6. The van der Waals surface area contributed by atoms with Gasteiger partial charge in [-0.2, -0.15) is 10.8 Å². The number of aromatic nitrogens is 1. The molecule has 0 amide bonds. The zero-order valence-corrected chi connectivity index (χ0v) is 20.2. The van der Waals surface area contributed by atoms with Crippen LogP contribution in [0.1, 0.15) is 28.8 Å². The molecule has 0 unspecified atom stereocenters. The first-order valence-electron chi connectivity index (χ1n) is 11.5. The molecule has 4 aromatic rings. The topological polar surface area (TPSA) is 117 Å². The predicted octanol–water partition coefficient (Wildman–Crippen LogP) is 4.65. The van der Waals surface area contributed by atoms with Crippen LogP contribution >= 0.6 is 11.6 Å². The molecule has 0 spiro atoms. The number of benzene rings is 3. The fourth-order valence-corrected chi connectivity index (χ4v) is 4.52. The molecule has 1 aliphatic rings. The van der Waals surface area contributed by atoms with Crippen molar-refractivity contribution in [2.24, 2.45) is 0 Å². The Morgan fingerprint density at radius 1 is 1.05 bits per heavy atom. The molecule has 186 valence electrons. The highest BCUT2D eigenvalue weighted by Gasteiger charge is 2.22. The SMILES string of the molecule is N#Cc1cnc2c(Cl)cc(N[C@H](C3=CNNN3)c3ccc(F)cc3)cc2c1N[C@H](CO)c1ccccc1. The first-order chi connectivity index (χ1) is 18.1. The van der Waals surface area contributed by atoms with Crippen LogP contribution in [0, 0.1) is 17.1 Å². The molecule has 10 heteroatoms. The Labute approximate surface area is 217 Å². The number of nitrogens with one attached hydrogen (secondary N) is 5. The van der Waals surface area contributed by atoms with E-state index in [1.54, 1.807) is 24.4 Å². The number of hydrogen-bond acceptors (Lipinski definition) is 8. The Hall–Kier alpha value is -4.36. The standard InChI is InChI=1S/C27H23ClFN7O/c28-22-11-20(33-26(23-14-32-36-35-23)17-6-8-19(29)9-7-17)10-21-25(18(12-30)13-31-27(21)22)34-24(15-37)16-4-2-1-3-5-16/h1-11,13-14,24,26,32-33,35-37H,15H2,(H,31,34)/t24-,26+/m1/s1. The highest BCUT2D eigenvalue weighted by atomic mass is 35.5. The summed E-state index contributed by atoms with van der Waals surface area (Å²) >= 11 is 6.66. The van der Waals surface area contributed by atoms with Crippen molar-refractivity contribution in [1.29, 1.82) is 5.26 Å². The van der Waals surface area contributed by atoms with Crippen LogP contribution in [0.3, 0.4) is 0 Å². The number of aliphatic hydroxyl groups excluding tert-OH is 1. The van der Waals surface area contributed by atoms with Gasteiger partial charge in [0.25, 0.3) is 0 Å². The van der Waals surface area contributed by atoms with Gasteiger partial charge in [-0.3, -0.25) is 4.98 Å². The van der Waals surface area contributed by atoms with Crippen molar-refractivity contribution < 1.29 is 9.50 Å². The minimum Gasteiger partial charge on any atom is -0.394 e. The number of halogens is 2. The third-order valence-corrected chi connectivity index (χ3v) is 6.37. The molecule has 1 aromatic heterocycles. The largest absolute Gasteiger partial charge is 0.394 e. The molecule has 0 bridgehead atoms. The number of anilines is 2. The van der Waals surface area contributed by atoms with Gasteiger partial charge in [-0.15, -0.1) is 0 Å². The fraction of sp³-hybridized carbons (Fsp3) is 0.111. The van der Waals surface area contributed by atoms with E-state index in [9.17, 15) is 14.8 Å². The van der Waals surface area contributed by atoms with Crippen LogP contribution in [0.2, 0.25) is 5.02 Å². The van der Waals surface area contributed by atoms with Gasteiger partial charge in [0.2, 0.25) is 0 Å². The molecule has 0 radical (unpaired) electrons. The Kier molecular flexibility index (Phi) is 7.05. The third kappa shape index (κ3) is 5.13. The summed E-state index contributed by atoms with van der Waals surface area (Å²) in [5, 5.41) is 27.7. The van der Waals surface area contributed by atoms with Gasteiger partial charge in [0, 0.05) is 23.5 Å². The van der Waals surface area contributed by atoms with E-state index in [0.717, 1.165) is 16.8 Å². The molecule has 1 aliphatic heterocycles. The van der Waals surface area contributed by atoms with Crippen molar-refractivity contribution in [3.63, 3.8) is 0 Å². The lowest BCUT2D eigenvalue weighted by atomic mass is 10.0. The fourth-order valence-electron chi connectivity index (χ4n) is 4.25. The smallest absolute Gasteiger partial charge is 0.123 e. The minimum atomic E-state index is -0.453. The number of nitrogens with zero attached hydrogens (tertiary/aromatic N) is 2. The normalized spacial score (nSPS) is 14.2. The number of hydrazine groups is 2. The van der Waals surface area contributed by atoms with Gasteiger partial charge in [0.1, 0.15) is 11.9 Å². The van der Waals surface area contributed by atoms with E-state index in [-0.39, 0.29) is 18.5 Å². The molecular weight excluding hydrogens is 493 g/mol. The Morgan fingerprint density at radius 2 is 1.84 bits per heavy atom. The lowest BCUT2D eigenvalue weighted by Crippen LogP contribution is -2.33. The zero-order valence-electron chi connectivity index (χ0n) is 19.5. The summed E-state index contributed by atoms with van der Waals surface area (Å²) in [7, 11) is 0. The van der Waals surface area contributed by atoms with Crippen LogP contribution in [0.4, 0.5) is 15.8 Å². The molecule has 0 saturated carbocycles. The van der Waals surface area contributed by atoms with Crippen molar-refractivity contribution in [3.05, 3.63) is 112 Å². The van der Waals surface area contributed by atoms with E-state index in [4.69, 9.17) is 11.6 Å². The van der Waals surface area contributed by atoms with E-state index in [2.05, 4.69) is 38.1 Å². The second kappa shape index (κ2) is 10.7. The number of aliphatic hydroxyl groups is 1. The van der Waals surface area contributed by atoms with Crippen molar-refractivity contribution in [2.75, 3.05) is 17.2 Å². The molecule has 6 N–H and O–H groups in total. The monoisotopic (exact) mass is 515 g/mol. The molecule has 3 aromatic carbocycles. The number of fused-ring (bicyclic) bond motifs is 1. The van der Waals surface area contributed by atoms with E-state index in [1.807, 2.05) is 36.4 Å². The highest BCUT2D eigenvalue weighted by Crippen LogP contribution is 2.36. The molecular formula is C27H23ClFN7O. The number of rotatable bonds is 8. The summed E-state index contributed by atoms with van der Waals surface area (Å²) in [5.74, 6) is -0.330. The number of hydrogen-bond donors (Lipinski definition) is 6. The molecule has 0 aliphatic carbocycles. The van der Waals surface area contributed by atoms with Crippen LogP contribution in [-0.2, 0) is 0 Å². The molecule has 8 nitrogen and oxygen atoms in total. The Morgan fingerprint density at radius 3 is 2.51 bits per heavy atom. The average Bonchev–Trinajstić information content (AvgIpc) is 3.46. The van der Waals surface area contributed by atoms with E-state index in [0.29, 0.717) is 32.9 Å². The first kappa shape index (κ1) is 24.3. The molecule has 0 fully saturated rings. The van der Waals surface area contributed by atoms with Gasteiger partial charge in [0.05, 0.1) is 46.2 Å². The predicted molar refractivity (Wildman–Crippen MR) is 142 cm³/mol. The van der Waals surface area contributed by atoms with Crippen molar-refractivity contribution in [2.45, 2.75) is 12.1 Å². The summed E-state index contributed by atoms with van der Waals surface area (Å²) in [5.41, 5.74) is 13.2. The Bertz CT molecular complexity index is 1490. The first-order valence-corrected chi connectivity index (χ1v) is 11.9. The average molecular weight is 516 g/mol. The van der Waals surface area contributed by atoms with Gasteiger partial charge in [-0.25, -0.2) is 4.39 Å². The minimum absolute atomic E-state index is 0.184. The lowest BCUT2D eigenvalue weighted by molar-refractivity contribution is 0.276. The molecule has 5 rings (SSSR count). The summed E-state index contributed by atoms with van der Waals surface area (Å²) in [6.45, 7) is -0.184. The van der Waals surface area contributed by atoms with E-state index in [1.165, 1.54) is 18.3 Å². The maximum atomic E-state index is 13.6. The second-order valence-electron chi connectivity index (χ2n) is 8.43. The Balaban J connectivity index is 1.58. The van der Waals surface area contributed by atoms with Crippen LogP contribution in [0.15, 0.2) is 84.8 Å². The summed E-state index contributed by atoms with van der Waals surface area (Å²) in [4.78, 5) is 4.41. The van der Waals surface area contributed by atoms with Crippen LogP contribution in [0.25, 0.3) is 10.9 Å². The van der Waals surface area contributed by atoms with Gasteiger partial charge in [-0.05, 0) is 35.4 Å². The van der Waals surface area contributed by atoms with Crippen LogP contribution < -0.4 is 27.0 Å². The summed E-state index contributed by atoms with van der Waals surface area (Å²) in [6, 6.07) is 20.6. The van der Waals surface area contributed by atoms with Crippen molar-refractivity contribution in [3.8, 4) is 6.07 Å².